The number of allylic oxidation sites excluding steroid dienone is 6. The Morgan fingerprint density at radius 2 is 0.480 bits per heavy atom. The number of rotatable bonds is 62. The summed E-state index contributed by atoms with van der Waals surface area (Å²) >= 11 is 0. The van der Waals surface area contributed by atoms with Crippen molar-refractivity contribution in [1.82, 2.24) is 0 Å². The maximum absolute atomic E-state index is 12.9. The summed E-state index contributed by atoms with van der Waals surface area (Å²) in [4.78, 5) is 38.3. The predicted molar refractivity (Wildman–Crippen MR) is 326 cm³/mol. The Balaban J connectivity index is 4.26. The average Bonchev–Trinajstić information content (AvgIpc) is 3.41. The van der Waals surface area contributed by atoms with E-state index < -0.39 is 6.10 Å². The number of unbranched alkanes of at least 4 members (excludes halogenated alkanes) is 45. The Morgan fingerprint density at radius 1 is 0.267 bits per heavy atom. The summed E-state index contributed by atoms with van der Waals surface area (Å²) < 4.78 is 17.0. The molecule has 1 unspecified atom stereocenters. The second kappa shape index (κ2) is 64.2. The molecule has 0 N–H and O–H groups in total. The lowest BCUT2D eigenvalue weighted by Crippen LogP contribution is -2.30. The molecule has 0 heterocycles. The Labute approximate surface area is 467 Å². The topological polar surface area (TPSA) is 78.9 Å². The van der Waals surface area contributed by atoms with Crippen molar-refractivity contribution in [3.8, 4) is 0 Å². The molecule has 0 amide bonds. The van der Waals surface area contributed by atoms with E-state index in [2.05, 4.69) is 57.2 Å². The fourth-order valence-corrected chi connectivity index (χ4v) is 10.1. The van der Waals surface area contributed by atoms with Crippen molar-refractivity contribution in [1.29, 1.82) is 0 Å². The van der Waals surface area contributed by atoms with Gasteiger partial charge < -0.3 is 14.2 Å². The molecule has 0 fully saturated rings. The van der Waals surface area contributed by atoms with Crippen LogP contribution in [0.1, 0.15) is 367 Å². The lowest BCUT2D eigenvalue weighted by molar-refractivity contribution is -0.167. The lowest BCUT2D eigenvalue weighted by atomic mass is 10.0. The largest absolute Gasteiger partial charge is 0.462 e. The highest BCUT2D eigenvalue weighted by molar-refractivity contribution is 5.71. The van der Waals surface area contributed by atoms with Crippen LogP contribution in [0.25, 0.3) is 0 Å². The van der Waals surface area contributed by atoms with Crippen LogP contribution in [0.2, 0.25) is 0 Å². The van der Waals surface area contributed by atoms with E-state index in [0.29, 0.717) is 19.3 Å². The molecule has 0 aliphatic heterocycles. The maximum Gasteiger partial charge on any atom is 0.306 e. The minimum atomic E-state index is -0.774. The van der Waals surface area contributed by atoms with Gasteiger partial charge in [-0.2, -0.15) is 0 Å². The number of esters is 3. The summed E-state index contributed by atoms with van der Waals surface area (Å²) in [6.45, 7) is 6.68. The molecule has 0 radical (unpaired) electrons. The lowest BCUT2D eigenvalue weighted by Gasteiger charge is -2.18. The van der Waals surface area contributed by atoms with Crippen LogP contribution in [0.3, 0.4) is 0 Å². The molecule has 0 bridgehead atoms. The van der Waals surface area contributed by atoms with Crippen LogP contribution >= 0.6 is 0 Å². The van der Waals surface area contributed by atoms with Crippen LogP contribution in [0.5, 0.6) is 0 Å². The predicted octanol–water partition coefficient (Wildman–Crippen LogP) is 22.8. The van der Waals surface area contributed by atoms with Crippen molar-refractivity contribution in [2.24, 2.45) is 0 Å². The van der Waals surface area contributed by atoms with Crippen LogP contribution in [0.15, 0.2) is 36.5 Å². The molecule has 0 saturated carbocycles. The molecule has 0 aliphatic carbocycles. The Morgan fingerprint density at radius 3 is 0.760 bits per heavy atom. The number of hydrogen-bond donors (Lipinski definition) is 0. The first-order valence-electron chi connectivity index (χ1n) is 33.5. The minimum Gasteiger partial charge on any atom is -0.462 e. The molecule has 1 atom stereocenters. The van der Waals surface area contributed by atoms with Gasteiger partial charge in [0.1, 0.15) is 13.2 Å². The zero-order valence-electron chi connectivity index (χ0n) is 50.6. The summed E-state index contributed by atoms with van der Waals surface area (Å²) in [7, 11) is 0. The summed E-state index contributed by atoms with van der Waals surface area (Å²) in [5, 5.41) is 0. The highest BCUT2D eigenvalue weighted by Gasteiger charge is 2.19. The van der Waals surface area contributed by atoms with Gasteiger partial charge >= 0.3 is 17.9 Å². The summed E-state index contributed by atoms with van der Waals surface area (Å²) in [6.07, 6.45) is 78.7. The summed E-state index contributed by atoms with van der Waals surface area (Å²) in [6, 6.07) is 0. The molecule has 6 nitrogen and oxygen atoms in total. The first-order valence-corrected chi connectivity index (χ1v) is 33.5. The number of carbonyl (C=O) groups excluding carboxylic acids is 3. The van der Waals surface area contributed by atoms with Gasteiger partial charge in [0.05, 0.1) is 0 Å². The van der Waals surface area contributed by atoms with Crippen LogP contribution in [-0.2, 0) is 28.6 Å². The second-order valence-corrected chi connectivity index (χ2v) is 22.7. The van der Waals surface area contributed by atoms with Gasteiger partial charge in [-0.3, -0.25) is 14.4 Å². The molecule has 75 heavy (non-hydrogen) atoms. The van der Waals surface area contributed by atoms with E-state index in [9.17, 15) is 14.4 Å². The first kappa shape index (κ1) is 72.6. The molecule has 0 spiro atoms. The van der Waals surface area contributed by atoms with Crippen molar-refractivity contribution in [3.05, 3.63) is 36.5 Å². The number of hydrogen-bond acceptors (Lipinski definition) is 6. The molecule has 0 aromatic heterocycles. The molecule has 0 aromatic rings. The smallest absolute Gasteiger partial charge is 0.306 e. The van der Waals surface area contributed by atoms with Gasteiger partial charge in [0.15, 0.2) is 6.10 Å². The standard InChI is InChI=1S/C69H128O6/c1-4-7-10-13-16-19-22-25-28-30-32-33-34-35-36-37-38-40-41-44-47-50-53-56-59-62-68(71)74-65-66(64-73-67(70)61-58-55-52-49-46-43-27-24-21-18-15-12-9-6-3)75-69(72)63-60-57-54-51-48-45-42-39-31-29-26-23-20-17-14-11-8-5-2/h20,23,29-32,66H,4-19,21-22,24-28,33-65H2,1-3H3/b23-20-,31-29-,32-30-. The first-order chi connectivity index (χ1) is 37.0. The Kier molecular flexibility index (Phi) is 62.1. The van der Waals surface area contributed by atoms with Crippen LogP contribution in [0, 0.1) is 0 Å². The normalized spacial score (nSPS) is 12.2. The molecule has 6 heteroatoms. The molecule has 0 saturated heterocycles. The SMILES string of the molecule is CCCCCC/C=C\C/C=C\CCCCCCCCCC(=O)OC(COC(=O)CCCCCCCCCCCCCCCC)COC(=O)CCCCCCCCCCCCCCC/C=C\CCCCCCCCCC. The van der Waals surface area contributed by atoms with Gasteiger partial charge in [0.2, 0.25) is 0 Å². The fraction of sp³-hybridized carbons (Fsp3) is 0.870. The zero-order valence-corrected chi connectivity index (χ0v) is 50.6. The molecule has 0 aliphatic rings. The van der Waals surface area contributed by atoms with Gasteiger partial charge in [0, 0.05) is 19.3 Å². The van der Waals surface area contributed by atoms with E-state index in [1.165, 1.54) is 257 Å². The quantitative estimate of drug-likeness (QED) is 0.0261. The summed E-state index contributed by atoms with van der Waals surface area (Å²) in [5.41, 5.74) is 0. The van der Waals surface area contributed by atoms with Gasteiger partial charge in [0.25, 0.3) is 0 Å². The van der Waals surface area contributed by atoms with E-state index in [1.54, 1.807) is 0 Å². The Bertz CT molecular complexity index is 1250. The number of carbonyl (C=O) groups is 3. The third-order valence-corrected chi connectivity index (χ3v) is 15.1. The highest BCUT2D eigenvalue weighted by atomic mass is 16.6. The molecular formula is C69H128O6. The van der Waals surface area contributed by atoms with Crippen molar-refractivity contribution >= 4 is 17.9 Å². The molecular weight excluding hydrogens is 925 g/mol. The summed E-state index contributed by atoms with van der Waals surface area (Å²) in [5.74, 6) is -0.853. The van der Waals surface area contributed by atoms with Gasteiger partial charge in [-0.25, -0.2) is 0 Å². The third-order valence-electron chi connectivity index (χ3n) is 15.1. The van der Waals surface area contributed by atoms with Crippen molar-refractivity contribution in [3.63, 3.8) is 0 Å². The van der Waals surface area contributed by atoms with Gasteiger partial charge in [-0.15, -0.1) is 0 Å². The van der Waals surface area contributed by atoms with E-state index in [0.717, 1.165) is 70.6 Å². The maximum atomic E-state index is 12.9. The van der Waals surface area contributed by atoms with E-state index in [4.69, 9.17) is 14.2 Å². The van der Waals surface area contributed by atoms with Crippen LogP contribution in [0.4, 0.5) is 0 Å². The molecule has 0 aromatic carbocycles. The van der Waals surface area contributed by atoms with E-state index in [-0.39, 0.29) is 31.1 Å². The van der Waals surface area contributed by atoms with Crippen molar-refractivity contribution < 1.29 is 28.6 Å². The fourth-order valence-electron chi connectivity index (χ4n) is 10.1. The molecule has 440 valence electrons. The van der Waals surface area contributed by atoms with Crippen molar-refractivity contribution in [2.45, 2.75) is 374 Å². The molecule has 0 rings (SSSR count). The van der Waals surface area contributed by atoms with Gasteiger partial charge in [-0.1, -0.05) is 308 Å². The highest BCUT2D eigenvalue weighted by Crippen LogP contribution is 2.18. The van der Waals surface area contributed by atoms with E-state index in [1.807, 2.05) is 0 Å². The third kappa shape index (κ3) is 62.4. The monoisotopic (exact) mass is 1050 g/mol. The number of ether oxygens (including phenoxy) is 3. The Hall–Kier alpha value is -2.37. The van der Waals surface area contributed by atoms with Gasteiger partial charge in [-0.05, 0) is 77.0 Å². The second-order valence-electron chi connectivity index (χ2n) is 22.7. The van der Waals surface area contributed by atoms with Crippen molar-refractivity contribution in [2.75, 3.05) is 13.2 Å². The average molecular weight is 1050 g/mol. The zero-order chi connectivity index (χ0) is 54.3. The van der Waals surface area contributed by atoms with Crippen LogP contribution < -0.4 is 0 Å². The van der Waals surface area contributed by atoms with E-state index >= 15 is 0 Å². The van der Waals surface area contributed by atoms with Crippen LogP contribution in [-0.4, -0.2) is 37.2 Å². The minimum absolute atomic E-state index is 0.0706.